The van der Waals surface area contributed by atoms with Gasteiger partial charge in [-0.3, -0.25) is 9.20 Å². The molecule has 0 spiro atoms. The number of imidazole rings is 1. The Kier molecular flexibility index (Phi) is 4.30. The highest BCUT2D eigenvalue weighted by molar-refractivity contribution is 6.30. The van der Waals surface area contributed by atoms with Gasteiger partial charge >= 0.3 is 6.36 Å². The van der Waals surface area contributed by atoms with E-state index in [0.717, 1.165) is 12.1 Å². The van der Waals surface area contributed by atoms with E-state index in [-0.39, 0.29) is 5.75 Å². The van der Waals surface area contributed by atoms with E-state index in [1.54, 1.807) is 29.7 Å². The number of carbonyl (C=O) groups is 1. The van der Waals surface area contributed by atoms with Crippen molar-refractivity contribution >= 4 is 28.8 Å². The van der Waals surface area contributed by atoms with Crippen LogP contribution < -0.4 is 10.1 Å². The second kappa shape index (κ2) is 6.29. The lowest BCUT2D eigenvalue weighted by Gasteiger charge is -2.10. The van der Waals surface area contributed by atoms with Gasteiger partial charge in [-0.25, -0.2) is 4.98 Å². The highest BCUT2D eigenvalue weighted by Crippen LogP contribution is 2.24. The Bertz CT molecular complexity index is 936. The van der Waals surface area contributed by atoms with Gasteiger partial charge in [0.15, 0.2) is 0 Å². The third-order valence-corrected chi connectivity index (χ3v) is 3.56. The van der Waals surface area contributed by atoms with Gasteiger partial charge in [-0.1, -0.05) is 11.6 Å². The van der Waals surface area contributed by atoms with Crippen molar-refractivity contribution < 1.29 is 22.7 Å². The van der Waals surface area contributed by atoms with Crippen molar-refractivity contribution in [2.45, 2.75) is 13.3 Å². The summed E-state index contributed by atoms with van der Waals surface area (Å²) in [6.45, 7) is 1.68. The molecule has 3 rings (SSSR count). The van der Waals surface area contributed by atoms with Gasteiger partial charge in [-0.05, 0) is 37.3 Å². The fraction of sp³-hybridized carbons (Fsp3) is 0.125. The van der Waals surface area contributed by atoms with Crippen LogP contribution in [0.5, 0.6) is 5.75 Å². The first-order chi connectivity index (χ1) is 11.7. The van der Waals surface area contributed by atoms with E-state index in [0.29, 0.717) is 27.7 Å². The molecule has 0 saturated carbocycles. The summed E-state index contributed by atoms with van der Waals surface area (Å²) in [5, 5.41) is 3.10. The smallest absolute Gasteiger partial charge is 0.406 e. The Morgan fingerprint density at radius 1 is 1.24 bits per heavy atom. The third-order valence-electron chi connectivity index (χ3n) is 3.32. The van der Waals surface area contributed by atoms with Crippen molar-refractivity contribution in [2.75, 3.05) is 5.32 Å². The Balaban J connectivity index is 1.82. The van der Waals surface area contributed by atoms with Gasteiger partial charge in [-0.15, -0.1) is 13.2 Å². The van der Waals surface area contributed by atoms with Crippen LogP contribution in [0.3, 0.4) is 0 Å². The molecule has 0 aliphatic rings. The number of nitrogens with one attached hydrogen (secondary N) is 1. The highest BCUT2D eigenvalue weighted by atomic mass is 35.5. The Labute approximate surface area is 145 Å². The number of hydrogen-bond acceptors (Lipinski definition) is 3. The number of fused-ring (bicyclic) bond motifs is 1. The molecule has 1 N–H and O–H groups in total. The van der Waals surface area contributed by atoms with Crippen LogP contribution in [0.25, 0.3) is 5.65 Å². The van der Waals surface area contributed by atoms with Crippen LogP contribution in [0.4, 0.5) is 18.9 Å². The molecule has 0 aliphatic carbocycles. The molecule has 3 aromatic rings. The number of pyridine rings is 1. The Morgan fingerprint density at radius 3 is 2.56 bits per heavy atom. The Hall–Kier alpha value is -2.74. The lowest BCUT2D eigenvalue weighted by atomic mass is 10.2. The molecule has 2 aromatic heterocycles. The first-order valence-electron chi connectivity index (χ1n) is 7.04. The average Bonchev–Trinajstić information content (AvgIpc) is 2.82. The van der Waals surface area contributed by atoms with E-state index < -0.39 is 12.3 Å². The van der Waals surface area contributed by atoms with Gasteiger partial charge in [0.25, 0.3) is 5.91 Å². The van der Waals surface area contributed by atoms with Crippen LogP contribution in [0.1, 0.15) is 16.2 Å². The second-order valence-electron chi connectivity index (χ2n) is 5.15. The maximum atomic E-state index is 12.5. The number of rotatable bonds is 3. The van der Waals surface area contributed by atoms with E-state index >= 15 is 0 Å². The van der Waals surface area contributed by atoms with E-state index in [4.69, 9.17) is 11.6 Å². The molecular formula is C16H11ClF3N3O2. The summed E-state index contributed by atoms with van der Waals surface area (Å²) in [5.41, 5.74) is 1.64. The predicted molar refractivity (Wildman–Crippen MR) is 86.0 cm³/mol. The zero-order valence-corrected chi connectivity index (χ0v) is 13.5. The zero-order valence-electron chi connectivity index (χ0n) is 12.8. The molecule has 0 saturated heterocycles. The Morgan fingerprint density at radius 2 is 1.92 bits per heavy atom. The van der Waals surface area contributed by atoms with Gasteiger partial charge in [-0.2, -0.15) is 0 Å². The molecule has 0 aliphatic heterocycles. The number of benzene rings is 1. The van der Waals surface area contributed by atoms with Crippen LogP contribution in [-0.2, 0) is 0 Å². The first kappa shape index (κ1) is 17.1. The summed E-state index contributed by atoms with van der Waals surface area (Å²) in [5.74, 6) is -0.817. The molecule has 25 heavy (non-hydrogen) atoms. The van der Waals surface area contributed by atoms with E-state index in [1.165, 1.54) is 12.1 Å². The minimum Gasteiger partial charge on any atom is -0.406 e. The summed E-state index contributed by atoms with van der Waals surface area (Å²) in [6, 6.07) is 8.10. The normalized spacial score (nSPS) is 11.6. The van der Waals surface area contributed by atoms with E-state index in [2.05, 4.69) is 15.0 Å². The standard InChI is InChI=1S/C16H11ClF3N3O2/c1-9-14(23-7-6-10(17)8-13(23)21-9)15(24)22-11-2-4-12(5-3-11)25-16(18,19)20/h2-8H,1H3,(H,22,24). The van der Waals surface area contributed by atoms with Gasteiger partial charge in [0.05, 0.1) is 5.69 Å². The summed E-state index contributed by atoms with van der Waals surface area (Å²) in [6.07, 6.45) is -3.15. The van der Waals surface area contributed by atoms with Crippen molar-refractivity contribution in [3.05, 3.63) is 59.0 Å². The van der Waals surface area contributed by atoms with Gasteiger partial charge < -0.3 is 10.1 Å². The van der Waals surface area contributed by atoms with Gasteiger partial charge in [0.2, 0.25) is 0 Å². The number of ether oxygens (including phenoxy) is 1. The van der Waals surface area contributed by atoms with Crippen molar-refractivity contribution in [1.29, 1.82) is 0 Å². The minimum absolute atomic E-state index is 0.308. The molecule has 0 radical (unpaired) electrons. The van der Waals surface area contributed by atoms with E-state index in [1.807, 2.05) is 0 Å². The summed E-state index contributed by atoms with van der Waals surface area (Å²) >= 11 is 5.90. The quantitative estimate of drug-likeness (QED) is 0.742. The molecule has 5 nitrogen and oxygen atoms in total. The number of aryl methyl sites for hydroxylation is 1. The van der Waals surface area contributed by atoms with E-state index in [9.17, 15) is 18.0 Å². The average molecular weight is 370 g/mol. The largest absolute Gasteiger partial charge is 0.573 e. The predicted octanol–water partition coefficient (Wildman–Crippen LogP) is 4.45. The minimum atomic E-state index is -4.76. The summed E-state index contributed by atoms with van der Waals surface area (Å²) in [7, 11) is 0. The number of nitrogens with zero attached hydrogens (tertiary/aromatic N) is 2. The molecule has 0 bridgehead atoms. The monoisotopic (exact) mass is 369 g/mol. The van der Waals surface area contributed by atoms with Crippen LogP contribution in [-0.4, -0.2) is 21.7 Å². The number of alkyl halides is 3. The maximum Gasteiger partial charge on any atom is 0.573 e. The molecule has 0 fully saturated rings. The second-order valence-corrected chi connectivity index (χ2v) is 5.58. The van der Waals surface area contributed by atoms with Crippen LogP contribution >= 0.6 is 11.6 Å². The number of aromatic nitrogens is 2. The number of anilines is 1. The number of halogens is 4. The van der Waals surface area contributed by atoms with Crippen molar-refractivity contribution in [2.24, 2.45) is 0 Å². The number of carbonyl (C=O) groups excluding carboxylic acids is 1. The molecule has 1 amide bonds. The van der Waals surface area contributed by atoms with Gasteiger partial charge in [0, 0.05) is 23.0 Å². The molecule has 0 atom stereocenters. The number of hydrogen-bond donors (Lipinski definition) is 1. The van der Waals surface area contributed by atoms with Crippen LogP contribution in [0, 0.1) is 6.92 Å². The third kappa shape index (κ3) is 3.85. The topological polar surface area (TPSA) is 55.6 Å². The SMILES string of the molecule is Cc1nc2cc(Cl)ccn2c1C(=O)Nc1ccc(OC(F)(F)F)cc1. The van der Waals surface area contributed by atoms with Crippen molar-refractivity contribution in [1.82, 2.24) is 9.38 Å². The molecular weight excluding hydrogens is 359 g/mol. The highest BCUT2D eigenvalue weighted by Gasteiger charge is 2.31. The molecule has 1 aromatic carbocycles. The van der Waals surface area contributed by atoms with Crippen molar-refractivity contribution in [3.8, 4) is 5.75 Å². The maximum absolute atomic E-state index is 12.5. The lowest BCUT2D eigenvalue weighted by Crippen LogP contribution is -2.17. The van der Waals surface area contributed by atoms with Crippen LogP contribution in [0.2, 0.25) is 5.02 Å². The molecule has 2 heterocycles. The molecule has 130 valence electrons. The molecule has 9 heteroatoms. The summed E-state index contributed by atoms with van der Waals surface area (Å²) in [4.78, 5) is 16.8. The van der Waals surface area contributed by atoms with Gasteiger partial charge in [0.1, 0.15) is 17.1 Å². The summed E-state index contributed by atoms with van der Waals surface area (Å²) < 4.78 is 41.8. The fourth-order valence-corrected chi connectivity index (χ4v) is 2.50. The fourth-order valence-electron chi connectivity index (χ4n) is 2.34. The van der Waals surface area contributed by atoms with Crippen molar-refractivity contribution in [3.63, 3.8) is 0 Å². The first-order valence-corrected chi connectivity index (χ1v) is 7.42. The number of amides is 1. The lowest BCUT2D eigenvalue weighted by molar-refractivity contribution is -0.274. The van der Waals surface area contributed by atoms with Crippen LogP contribution in [0.15, 0.2) is 42.6 Å². The molecule has 0 unspecified atom stereocenters. The zero-order chi connectivity index (χ0) is 18.2.